The van der Waals surface area contributed by atoms with Gasteiger partial charge in [0.05, 0.1) is 0 Å². The van der Waals surface area contributed by atoms with Crippen molar-refractivity contribution < 1.29 is 9.53 Å². The Morgan fingerprint density at radius 2 is 1.59 bits per heavy atom. The minimum Gasteiger partial charge on any atom is -0.451 e. The van der Waals surface area contributed by atoms with Crippen molar-refractivity contribution in [2.75, 3.05) is 13.1 Å². The number of ether oxygens (including phenoxy) is 1. The van der Waals surface area contributed by atoms with Crippen molar-refractivity contribution in [3.8, 4) is 0 Å². The van der Waals surface area contributed by atoms with Crippen molar-refractivity contribution in [1.82, 2.24) is 5.32 Å². The van der Waals surface area contributed by atoms with Gasteiger partial charge >= 0.3 is 5.97 Å². The summed E-state index contributed by atoms with van der Waals surface area (Å²) in [5.41, 5.74) is 1.54. The van der Waals surface area contributed by atoms with Crippen LogP contribution in [-0.2, 0) is 15.1 Å². The third-order valence-corrected chi connectivity index (χ3v) is 5.23. The summed E-state index contributed by atoms with van der Waals surface area (Å²) in [6.45, 7) is 1.68. The number of nitrogens with one attached hydrogen (secondary N) is 1. The standard InChI is InChI=1S/C24H23NO2/c26-23(14-13-20-9-6-8-19-7-4-5-12-22(19)20)27-24(15-17-25-18-16-24)21-10-2-1-3-11-21/h1-14,25H,15-18H2/b14-13+. The zero-order valence-corrected chi connectivity index (χ0v) is 15.2. The van der Waals surface area contributed by atoms with Crippen molar-refractivity contribution in [2.24, 2.45) is 0 Å². The van der Waals surface area contributed by atoms with Crippen LogP contribution >= 0.6 is 0 Å². The van der Waals surface area contributed by atoms with Crippen LogP contribution in [0.2, 0.25) is 0 Å². The fraction of sp³-hybridized carbons (Fsp3) is 0.208. The molecule has 3 aromatic rings. The Balaban J connectivity index is 1.57. The van der Waals surface area contributed by atoms with Crippen LogP contribution in [0.3, 0.4) is 0 Å². The van der Waals surface area contributed by atoms with E-state index in [1.54, 1.807) is 6.08 Å². The van der Waals surface area contributed by atoms with Gasteiger partial charge in [0.1, 0.15) is 5.60 Å². The maximum atomic E-state index is 12.7. The number of benzene rings is 3. The Kier molecular flexibility index (Phi) is 5.03. The lowest BCUT2D eigenvalue weighted by molar-refractivity contribution is -0.157. The van der Waals surface area contributed by atoms with Gasteiger partial charge in [-0.15, -0.1) is 0 Å². The second-order valence-corrected chi connectivity index (χ2v) is 6.93. The topological polar surface area (TPSA) is 38.3 Å². The maximum Gasteiger partial charge on any atom is 0.331 e. The lowest BCUT2D eigenvalue weighted by Crippen LogP contribution is -2.42. The van der Waals surface area contributed by atoms with E-state index in [2.05, 4.69) is 23.5 Å². The number of hydrogen-bond donors (Lipinski definition) is 1. The molecular formula is C24H23NO2. The summed E-state index contributed by atoms with van der Waals surface area (Å²) >= 11 is 0. The van der Waals surface area contributed by atoms with Gasteiger partial charge in [0.2, 0.25) is 0 Å². The van der Waals surface area contributed by atoms with Gasteiger partial charge in [-0.3, -0.25) is 0 Å². The van der Waals surface area contributed by atoms with E-state index in [0.29, 0.717) is 0 Å². The number of esters is 1. The summed E-state index contributed by atoms with van der Waals surface area (Å²) in [7, 11) is 0. The van der Waals surface area contributed by atoms with Crippen LogP contribution < -0.4 is 5.32 Å². The molecule has 136 valence electrons. The zero-order chi connectivity index (χ0) is 18.5. The Morgan fingerprint density at radius 1 is 0.889 bits per heavy atom. The van der Waals surface area contributed by atoms with Crippen molar-refractivity contribution in [1.29, 1.82) is 0 Å². The normalized spacial score (nSPS) is 16.4. The number of rotatable bonds is 4. The van der Waals surface area contributed by atoms with Gasteiger partial charge in [0.25, 0.3) is 0 Å². The lowest BCUT2D eigenvalue weighted by Gasteiger charge is -2.37. The summed E-state index contributed by atoms with van der Waals surface area (Å²) in [6.07, 6.45) is 4.97. The molecule has 0 aromatic heterocycles. The Bertz CT molecular complexity index is 951. The molecule has 0 atom stereocenters. The number of piperidine rings is 1. The average Bonchev–Trinajstić information content (AvgIpc) is 2.73. The molecule has 0 saturated carbocycles. The van der Waals surface area contributed by atoms with Crippen LogP contribution in [0.15, 0.2) is 78.9 Å². The molecule has 1 aliphatic rings. The van der Waals surface area contributed by atoms with Gasteiger partial charge in [-0.25, -0.2) is 4.79 Å². The molecule has 0 amide bonds. The highest BCUT2D eigenvalue weighted by molar-refractivity contribution is 5.94. The molecule has 0 spiro atoms. The van der Waals surface area contributed by atoms with Crippen LogP contribution in [0.25, 0.3) is 16.8 Å². The summed E-state index contributed by atoms with van der Waals surface area (Å²) < 4.78 is 6.03. The molecule has 0 bridgehead atoms. The highest BCUT2D eigenvalue weighted by atomic mass is 16.6. The third kappa shape index (κ3) is 3.79. The molecule has 27 heavy (non-hydrogen) atoms. The fourth-order valence-electron chi connectivity index (χ4n) is 3.80. The summed E-state index contributed by atoms with van der Waals surface area (Å²) in [5.74, 6) is -0.298. The second kappa shape index (κ2) is 7.77. The summed E-state index contributed by atoms with van der Waals surface area (Å²) in [4.78, 5) is 12.7. The van der Waals surface area contributed by atoms with E-state index in [9.17, 15) is 4.79 Å². The first-order chi connectivity index (χ1) is 13.3. The molecular weight excluding hydrogens is 334 g/mol. The largest absolute Gasteiger partial charge is 0.451 e. The Morgan fingerprint density at radius 3 is 2.41 bits per heavy atom. The van der Waals surface area contributed by atoms with Crippen molar-refractivity contribution in [3.05, 3.63) is 90.0 Å². The molecule has 4 rings (SSSR count). The van der Waals surface area contributed by atoms with Gasteiger partial charge < -0.3 is 10.1 Å². The molecule has 1 fully saturated rings. The highest BCUT2D eigenvalue weighted by Gasteiger charge is 2.37. The van der Waals surface area contributed by atoms with E-state index >= 15 is 0 Å². The quantitative estimate of drug-likeness (QED) is 0.544. The van der Waals surface area contributed by atoms with E-state index in [4.69, 9.17) is 4.74 Å². The van der Waals surface area contributed by atoms with Gasteiger partial charge in [0, 0.05) is 18.9 Å². The maximum absolute atomic E-state index is 12.7. The monoisotopic (exact) mass is 357 g/mol. The first-order valence-electron chi connectivity index (χ1n) is 9.42. The van der Waals surface area contributed by atoms with E-state index in [-0.39, 0.29) is 5.97 Å². The zero-order valence-electron chi connectivity index (χ0n) is 15.2. The highest BCUT2D eigenvalue weighted by Crippen LogP contribution is 2.35. The van der Waals surface area contributed by atoms with Gasteiger partial charge in [-0.2, -0.15) is 0 Å². The number of carbonyl (C=O) groups excluding carboxylic acids is 1. The molecule has 3 aromatic carbocycles. The van der Waals surface area contributed by atoms with E-state index < -0.39 is 5.60 Å². The minimum atomic E-state index is -0.549. The smallest absolute Gasteiger partial charge is 0.331 e. The number of carbonyl (C=O) groups is 1. The SMILES string of the molecule is O=C(/C=C/c1cccc2ccccc12)OC1(c2ccccc2)CCNCC1. The molecule has 3 nitrogen and oxygen atoms in total. The Labute approximate surface area is 159 Å². The predicted octanol–water partition coefficient (Wildman–Crippen LogP) is 4.68. The Hall–Kier alpha value is -2.91. The van der Waals surface area contributed by atoms with E-state index in [0.717, 1.165) is 47.8 Å². The van der Waals surface area contributed by atoms with Gasteiger partial charge in [-0.05, 0) is 41.1 Å². The van der Waals surface area contributed by atoms with Crippen molar-refractivity contribution >= 4 is 22.8 Å². The predicted molar refractivity (Wildman–Crippen MR) is 109 cm³/mol. The van der Waals surface area contributed by atoms with E-state index in [1.807, 2.05) is 60.7 Å². The minimum absolute atomic E-state index is 0.298. The molecule has 0 aliphatic carbocycles. The molecule has 1 heterocycles. The first-order valence-corrected chi connectivity index (χ1v) is 9.42. The number of fused-ring (bicyclic) bond motifs is 1. The van der Waals surface area contributed by atoms with Crippen LogP contribution in [0.5, 0.6) is 0 Å². The molecule has 1 saturated heterocycles. The fourth-order valence-corrected chi connectivity index (χ4v) is 3.80. The van der Waals surface area contributed by atoms with E-state index in [1.165, 1.54) is 0 Å². The summed E-state index contributed by atoms with van der Waals surface area (Å²) in [6, 6.07) is 24.4. The van der Waals surface area contributed by atoms with Crippen LogP contribution in [0.1, 0.15) is 24.0 Å². The molecule has 1 N–H and O–H groups in total. The molecule has 0 unspecified atom stereocenters. The molecule has 0 radical (unpaired) electrons. The van der Waals surface area contributed by atoms with Crippen LogP contribution in [0.4, 0.5) is 0 Å². The van der Waals surface area contributed by atoms with Gasteiger partial charge in [-0.1, -0.05) is 72.8 Å². The van der Waals surface area contributed by atoms with Crippen LogP contribution in [-0.4, -0.2) is 19.1 Å². The number of hydrogen-bond acceptors (Lipinski definition) is 3. The molecule has 1 aliphatic heterocycles. The first kappa shape index (κ1) is 17.5. The average molecular weight is 357 g/mol. The van der Waals surface area contributed by atoms with Gasteiger partial charge in [0.15, 0.2) is 0 Å². The van der Waals surface area contributed by atoms with Crippen molar-refractivity contribution in [3.63, 3.8) is 0 Å². The summed E-state index contributed by atoms with van der Waals surface area (Å²) in [5, 5.41) is 5.64. The molecule has 3 heteroatoms. The third-order valence-electron chi connectivity index (χ3n) is 5.23. The lowest BCUT2D eigenvalue weighted by atomic mass is 9.85. The van der Waals surface area contributed by atoms with Crippen LogP contribution in [0, 0.1) is 0 Å². The second-order valence-electron chi connectivity index (χ2n) is 6.93. The van der Waals surface area contributed by atoms with Crippen molar-refractivity contribution in [2.45, 2.75) is 18.4 Å².